The molecule has 0 unspecified atom stereocenters. The van der Waals surface area contributed by atoms with Crippen LogP contribution < -0.4 is 5.14 Å². The highest BCUT2D eigenvalue weighted by Gasteiger charge is 2.12. The van der Waals surface area contributed by atoms with Crippen molar-refractivity contribution >= 4 is 32.5 Å². The van der Waals surface area contributed by atoms with E-state index in [-0.39, 0.29) is 4.90 Å². The fourth-order valence-electron chi connectivity index (χ4n) is 3.02. The Morgan fingerprint density at radius 3 is 2.19 bits per heavy atom. The maximum atomic E-state index is 11.5. The van der Waals surface area contributed by atoms with Gasteiger partial charge in [-0.05, 0) is 47.5 Å². The summed E-state index contributed by atoms with van der Waals surface area (Å²) < 4.78 is 23.0. The van der Waals surface area contributed by atoms with Crippen molar-refractivity contribution in [2.24, 2.45) is 5.14 Å². The fourth-order valence-corrected chi connectivity index (χ4v) is 3.71. The van der Waals surface area contributed by atoms with Gasteiger partial charge in [-0.2, -0.15) is 0 Å². The van der Waals surface area contributed by atoms with E-state index in [1.807, 2.05) is 48.5 Å². The van der Waals surface area contributed by atoms with Crippen LogP contribution in [0.15, 0.2) is 83.8 Å². The largest absolute Gasteiger partial charge is 0.248 e. The van der Waals surface area contributed by atoms with Crippen LogP contribution in [0.2, 0.25) is 5.02 Å². The van der Waals surface area contributed by atoms with Crippen LogP contribution in [0.4, 0.5) is 0 Å². The first-order valence-electron chi connectivity index (χ1n) is 8.21. The molecule has 0 radical (unpaired) electrons. The second-order valence-corrected chi connectivity index (χ2v) is 8.15. The zero-order valence-corrected chi connectivity index (χ0v) is 15.7. The zero-order valence-electron chi connectivity index (χ0n) is 14.1. The first-order valence-corrected chi connectivity index (χ1v) is 10.1. The van der Waals surface area contributed by atoms with E-state index >= 15 is 0 Å². The standard InChI is InChI=1S/C21H15ClN2O2S/c22-16-8-11-20-19(12-16)18(14-4-2-1-3-5-14)13-21(24-20)15-6-9-17(10-7-15)27(23,25)26/h1-13H,(H2,23,25,26). The van der Waals surface area contributed by atoms with Gasteiger partial charge >= 0.3 is 0 Å². The van der Waals surface area contributed by atoms with Crippen LogP contribution in [0.25, 0.3) is 33.3 Å². The van der Waals surface area contributed by atoms with Crippen molar-refractivity contribution in [2.45, 2.75) is 4.90 Å². The number of aromatic nitrogens is 1. The smallest absolute Gasteiger partial charge is 0.238 e. The van der Waals surface area contributed by atoms with Crippen molar-refractivity contribution in [3.63, 3.8) is 0 Å². The lowest BCUT2D eigenvalue weighted by molar-refractivity contribution is 0.598. The number of hydrogen-bond acceptors (Lipinski definition) is 3. The summed E-state index contributed by atoms with van der Waals surface area (Å²) in [5.74, 6) is 0. The van der Waals surface area contributed by atoms with Gasteiger partial charge in [0.05, 0.1) is 16.1 Å². The van der Waals surface area contributed by atoms with Gasteiger partial charge in [0.25, 0.3) is 0 Å². The summed E-state index contributed by atoms with van der Waals surface area (Å²) in [6, 6.07) is 23.9. The lowest BCUT2D eigenvalue weighted by atomic mass is 9.98. The Morgan fingerprint density at radius 2 is 1.52 bits per heavy atom. The Morgan fingerprint density at radius 1 is 0.815 bits per heavy atom. The van der Waals surface area contributed by atoms with Crippen molar-refractivity contribution < 1.29 is 8.42 Å². The van der Waals surface area contributed by atoms with Crippen LogP contribution in [0.5, 0.6) is 0 Å². The van der Waals surface area contributed by atoms with Gasteiger partial charge in [-0.25, -0.2) is 18.5 Å². The van der Waals surface area contributed by atoms with E-state index in [9.17, 15) is 8.42 Å². The van der Waals surface area contributed by atoms with Gasteiger partial charge in [-0.1, -0.05) is 54.1 Å². The molecule has 0 aliphatic heterocycles. The topological polar surface area (TPSA) is 73.1 Å². The minimum atomic E-state index is -3.73. The third kappa shape index (κ3) is 3.57. The predicted octanol–water partition coefficient (Wildman–Crippen LogP) is 4.87. The van der Waals surface area contributed by atoms with E-state index < -0.39 is 10.0 Å². The third-order valence-electron chi connectivity index (χ3n) is 4.33. The molecule has 27 heavy (non-hydrogen) atoms. The number of nitrogens with two attached hydrogens (primary N) is 1. The number of hydrogen-bond donors (Lipinski definition) is 1. The summed E-state index contributed by atoms with van der Waals surface area (Å²) >= 11 is 6.20. The van der Waals surface area contributed by atoms with Crippen molar-refractivity contribution in [1.29, 1.82) is 0 Å². The van der Waals surface area contributed by atoms with Crippen LogP contribution in [0.3, 0.4) is 0 Å². The number of nitrogens with zero attached hydrogens (tertiary/aromatic N) is 1. The highest BCUT2D eigenvalue weighted by Crippen LogP contribution is 2.33. The van der Waals surface area contributed by atoms with Gasteiger partial charge in [-0.15, -0.1) is 0 Å². The van der Waals surface area contributed by atoms with Crippen LogP contribution in [0, 0.1) is 0 Å². The quantitative estimate of drug-likeness (QED) is 0.538. The molecule has 1 heterocycles. The van der Waals surface area contributed by atoms with Crippen molar-refractivity contribution in [3.05, 3.63) is 83.9 Å². The summed E-state index contributed by atoms with van der Waals surface area (Å²) in [4.78, 5) is 4.80. The number of rotatable bonds is 3. The van der Waals surface area contributed by atoms with Crippen molar-refractivity contribution in [3.8, 4) is 22.4 Å². The van der Waals surface area contributed by atoms with Gasteiger partial charge in [0.15, 0.2) is 0 Å². The second-order valence-electron chi connectivity index (χ2n) is 6.15. The molecule has 4 aromatic rings. The highest BCUT2D eigenvalue weighted by molar-refractivity contribution is 7.89. The summed E-state index contributed by atoms with van der Waals surface area (Å²) in [5, 5.41) is 6.78. The first-order chi connectivity index (χ1) is 12.9. The third-order valence-corrected chi connectivity index (χ3v) is 5.50. The molecule has 0 fully saturated rings. The SMILES string of the molecule is NS(=O)(=O)c1ccc(-c2cc(-c3ccccc3)c3cc(Cl)ccc3n2)cc1. The molecule has 0 saturated carbocycles. The van der Waals surface area contributed by atoms with E-state index in [0.29, 0.717) is 5.02 Å². The number of sulfonamides is 1. The number of halogens is 1. The molecule has 1 aromatic heterocycles. The Kier molecular flexibility index (Phi) is 4.44. The maximum Gasteiger partial charge on any atom is 0.238 e. The van der Waals surface area contributed by atoms with Gasteiger partial charge in [0.1, 0.15) is 0 Å². The van der Waals surface area contributed by atoms with Crippen LogP contribution in [-0.2, 0) is 10.0 Å². The maximum absolute atomic E-state index is 11.5. The van der Waals surface area contributed by atoms with Gasteiger partial charge in [0, 0.05) is 16.0 Å². The molecule has 4 nitrogen and oxygen atoms in total. The molecule has 0 spiro atoms. The lowest BCUT2D eigenvalue weighted by Gasteiger charge is -2.11. The number of benzene rings is 3. The monoisotopic (exact) mass is 394 g/mol. The van der Waals surface area contributed by atoms with Crippen molar-refractivity contribution in [1.82, 2.24) is 4.98 Å². The molecule has 6 heteroatoms. The molecule has 0 bridgehead atoms. The molecule has 0 atom stereocenters. The molecule has 0 aliphatic carbocycles. The average Bonchev–Trinajstić information content (AvgIpc) is 2.67. The van der Waals surface area contributed by atoms with Crippen LogP contribution >= 0.6 is 11.6 Å². The Hall–Kier alpha value is -2.73. The zero-order chi connectivity index (χ0) is 19.0. The Labute approximate surface area is 162 Å². The van der Waals surface area contributed by atoms with Crippen LogP contribution in [-0.4, -0.2) is 13.4 Å². The highest BCUT2D eigenvalue weighted by atomic mass is 35.5. The molecule has 134 valence electrons. The van der Waals surface area contributed by atoms with E-state index in [4.69, 9.17) is 21.7 Å². The molecule has 4 rings (SSSR count). The van der Waals surface area contributed by atoms with Gasteiger partial charge < -0.3 is 0 Å². The number of fused-ring (bicyclic) bond motifs is 1. The Bertz CT molecular complexity index is 1240. The predicted molar refractivity (Wildman–Crippen MR) is 109 cm³/mol. The minimum Gasteiger partial charge on any atom is -0.248 e. The molecule has 0 aliphatic rings. The molecule has 0 amide bonds. The summed E-state index contributed by atoms with van der Waals surface area (Å²) in [5.41, 5.74) is 4.41. The molecule has 0 saturated heterocycles. The molecule has 3 aromatic carbocycles. The van der Waals surface area contributed by atoms with Gasteiger partial charge in [0.2, 0.25) is 10.0 Å². The Balaban J connectivity index is 1.93. The number of pyridine rings is 1. The summed E-state index contributed by atoms with van der Waals surface area (Å²) in [6.07, 6.45) is 0. The van der Waals surface area contributed by atoms with E-state index in [1.54, 1.807) is 18.2 Å². The summed E-state index contributed by atoms with van der Waals surface area (Å²) in [7, 11) is -3.73. The van der Waals surface area contributed by atoms with Gasteiger partial charge in [-0.3, -0.25) is 0 Å². The normalized spacial score (nSPS) is 11.6. The average molecular weight is 395 g/mol. The molecular formula is C21H15ClN2O2S. The van der Waals surface area contributed by atoms with E-state index in [0.717, 1.165) is 33.3 Å². The molecular weight excluding hydrogens is 380 g/mol. The summed E-state index contributed by atoms with van der Waals surface area (Å²) in [6.45, 7) is 0. The fraction of sp³-hybridized carbons (Fsp3) is 0. The first kappa shape index (κ1) is 17.7. The van der Waals surface area contributed by atoms with Crippen LogP contribution in [0.1, 0.15) is 0 Å². The molecule has 2 N–H and O–H groups in total. The lowest BCUT2D eigenvalue weighted by Crippen LogP contribution is -2.11. The number of primary sulfonamides is 1. The van der Waals surface area contributed by atoms with E-state index in [2.05, 4.69) is 0 Å². The second kappa shape index (κ2) is 6.78. The van der Waals surface area contributed by atoms with Crippen molar-refractivity contribution in [2.75, 3.05) is 0 Å². The minimum absolute atomic E-state index is 0.0714. The van der Waals surface area contributed by atoms with E-state index in [1.165, 1.54) is 12.1 Å².